The van der Waals surface area contributed by atoms with E-state index in [0.717, 1.165) is 31.7 Å². The summed E-state index contributed by atoms with van der Waals surface area (Å²) in [6.07, 6.45) is 0.395. The van der Waals surface area contributed by atoms with E-state index in [1.54, 1.807) is 12.1 Å². The lowest BCUT2D eigenvalue weighted by atomic mass is 9.95. The quantitative estimate of drug-likeness (QED) is 0.895. The molecule has 20 heavy (non-hydrogen) atoms. The smallest absolute Gasteiger partial charge is 0.223 e. The van der Waals surface area contributed by atoms with Gasteiger partial charge in [0, 0.05) is 38.5 Å². The van der Waals surface area contributed by atoms with E-state index in [4.69, 9.17) is 5.73 Å². The van der Waals surface area contributed by atoms with Crippen LogP contribution in [0.4, 0.5) is 4.39 Å². The molecule has 4 nitrogen and oxygen atoms in total. The highest BCUT2D eigenvalue weighted by Gasteiger charge is 2.22. The highest BCUT2D eigenvalue weighted by molar-refractivity contribution is 5.77. The minimum atomic E-state index is -0.269. The molecule has 0 saturated carbocycles. The molecule has 2 N–H and O–H groups in total. The first-order valence-electron chi connectivity index (χ1n) is 7.02. The Morgan fingerprint density at radius 2 is 1.85 bits per heavy atom. The Labute approximate surface area is 119 Å². The molecule has 1 fully saturated rings. The van der Waals surface area contributed by atoms with Crippen molar-refractivity contribution in [2.24, 2.45) is 5.73 Å². The van der Waals surface area contributed by atoms with Crippen LogP contribution < -0.4 is 5.73 Å². The zero-order valence-corrected chi connectivity index (χ0v) is 11.9. The summed E-state index contributed by atoms with van der Waals surface area (Å²) in [5.74, 6) is -0.171. The third-order valence-electron chi connectivity index (χ3n) is 3.90. The van der Waals surface area contributed by atoms with Crippen molar-refractivity contribution in [2.45, 2.75) is 12.3 Å². The summed E-state index contributed by atoms with van der Waals surface area (Å²) in [5.41, 5.74) is 6.70. The second kappa shape index (κ2) is 6.81. The molecule has 1 saturated heterocycles. The largest absolute Gasteiger partial charge is 0.340 e. The highest BCUT2D eigenvalue weighted by atomic mass is 19.1. The molecule has 1 heterocycles. The average molecular weight is 279 g/mol. The van der Waals surface area contributed by atoms with Gasteiger partial charge in [0.15, 0.2) is 0 Å². The zero-order chi connectivity index (χ0) is 14.5. The lowest BCUT2D eigenvalue weighted by Crippen LogP contribution is -2.47. The average Bonchev–Trinajstić information content (AvgIpc) is 2.46. The van der Waals surface area contributed by atoms with Gasteiger partial charge in [-0.3, -0.25) is 4.79 Å². The van der Waals surface area contributed by atoms with E-state index >= 15 is 0 Å². The van der Waals surface area contributed by atoms with Gasteiger partial charge >= 0.3 is 0 Å². The van der Waals surface area contributed by atoms with Crippen molar-refractivity contribution in [1.82, 2.24) is 9.80 Å². The number of hydrogen-bond acceptors (Lipinski definition) is 3. The SMILES string of the molecule is CN1CCN(C(=O)CC(CN)c2ccc(F)cc2)CC1. The second-order valence-corrected chi connectivity index (χ2v) is 5.37. The molecular weight excluding hydrogens is 257 g/mol. The van der Waals surface area contributed by atoms with Gasteiger partial charge in [0.2, 0.25) is 5.91 Å². The number of nitrogens with zero attached hydrogens (tertiary/aromatic N) is 2. The number of carbonyl (C=O) groups excluding carboxylic acids is 1. The highest BCUT2D eigenvalue weighted by Crippen LogP contribution is 2.20. The molecule has 110 valence electrons. The number of hydrogen-bond donors (Lipinski definition) is 1. The van der Waals surface area contributed by atoms with Crippen LogP contribution in [0, 0.1) is 5.82 Å². The number of benzene rings is 1. The van der Waals surface area contributed by atoms with E-state index in [9.17, 15) is 9.18 Å². The molecule has 1 aliphatic heterocycles. The maximum Gasteiger partial charge on any atom is 0.223 e. The molecule has 5 heteroatoms. The third-order valence-corrected chi connectivity index (χ3v) is 3.90. The van der Waals surface area contributed by atoms with Gasteiger partial charge in [-0.25, -0.2) is 4.39 Å². The lowest BCUT2D eigenvalue weighted by Gasteiger charge is -2.33. The Bertz CT molecular complexity index is 441. The van der Waals surface area contributed by atoms with Crippen LogP contribution in [-0.2, 0) is 4.79 Å². The van der Waals surface area contributed by atoms with Crippen molar-refractivity contribution in [3.8, 4) is 0 Å². The minimum Gasteiger partial charge on any atom is -0.340 e. The fourth-order valence-electron chi connectivity index (χ4n) is 2.47. The molecule has 0 bridgehead atoms. The fraction of sp³-hybridized carbons (Fsp3) is 0.533. The molecule has 0 spiro atoms. The van der Waals surface area contributed by atoms with E-state index in [-0.39, 0.29) is 17.6 Å². The van der Waals surface area contributed by atoms with Crippen molar-refractivity contribution in [3.63, 3.8) is 0 Å². The van der Waals surface area contributed by atoms with Crippen LogP contribution >= 0.6 is 0 Å². The molecule has 1 aliphatic rings. The molecule has 1 aromatic carbocycles. The molecule has 1 aromatic rings. The Kier molecular flexibility index (Phi) is 5.09. The van der Waals surface area contributed by atoms with Crippen LogP contribution in [-0.4, -0.2) is 55.5 Å². The van der Waals surface area contributed by atoms with E-state index in [1.807, 2.05) is 4.90 Å². The number of piperazine rings is 1. The van der Waals surface area contributed by atoms with Crippen molar-refractivity contribution >= 4 is 5.91 Å². The van der Waals surface area contributed by atoms with Crippen LogP contribution in [0.1, 0.15) is 17.9 Å². The first-order chi connectivity index (χ1) is 9.60. The van der Waals surface area contributed by atoms with Crippen molar-refractivity contribution < 1.29 is 9.18 Å². The first-order valence-corrected chi connectivity index (χ1v) is 7.02. The summed E-state index contributed by atoms with van der Waals surface area (Å²) in [6.45, 7) is 3.77. The summed E-state index contributed by atoms with van der Waals surface area (Å²) < 4.78 is 12.9. The molecule has 1 atom stereocenters. The van der Waals surface area contributed by atoms with Gasteiger partial charge in [-0.15, -0.1) is 0 Å². The summed E-state index contributed by atoms with van der Waals surface area (Å²) in [7, 11) is 2.06. The van der Waals surface area contributed by atoms with Gasteiger partial charge in [0.1, 0.15) is 5.82 Å². The summed E-state index contributed by atoms with van der Waals surface area (Å²) in [6, 6.07) is 6.25. The van der Waals surface area contributed by atoms with E-state index in [1.165, 1.54) is 12.1 Å². The van der Waals surface area contributed by atoms with Gasteiger partial charge in [-0.2, -0.15) is 0 Å². The van der Waals surface area contributed by atoms with E-state index in [0.29, 0.717) is 13.0 Å². The van der Waals surface area contributed by atoms with Crippen molar-refractivity contribution in [2.75, 3.05) is 39.8 Å². The molecule has 0 aliphatic carbocycles. The van der Waals surface area contributed by atoms with Crippen LogP contribution in [0.3, 0.4) is 0 Å². The molecule has 0 radical (unpaired) electrons. The number of halogens is 1. The van der Waals surface area contributed by atoms with Gasteiger partial charge in [0.05, 0.1) is 0 Å². The molecule has 0 aromatic heterocycles. The molecule has 1 unspecified atom stereocenters. The Hall–Kier alpha value is -1.46. The van der Waals surface area contributed by atoms with Crippen molar-refractivity contribution in [3.05, 3.63) is 35.6 Å². The maximum absolute atomic E-state index is 12.9. The first kappa shape index (κ1) is 14.9. The standard InChI is InChI=1S/C15H22FN3O/c1-18-6-8-19(9-7-18)15(20)10-13(11-17)12-2-4-14(16)5-3-12/h2-5,13H,6-11,17H2,1H3. The number of amides is 1. The van der Waals surface area contributed by atoms with Crippen LogP contribution in [0.5, 0.6) is 0 Å². The summed E-state index contributed by atoms with van der Waals surface area (Å²) in [4.78, 5) is 16.4. The van der Waals surface area contributed by atoms with Gasteiger partial charge in [-0.1, -0.05) is 12.1 Å². The maximum atomic E-state index is 12.9. The summed E-state index contributed by atoms with van der Waals surface area (Å²) >= 11 is 0. The van der Waals surface area contributed by atoms with Crippen molar-refractivity contribution in [1.29, 1.82) is 0 Å². The summed E-state index contributed by atoms with van der Waals surface area (Å²) in [5, 5.41) is 0. The fourth-order valence-corrected chi connectivity index (χ4v) is 2.47. The predicted octanol–water partition coefficient (Wildman–Crippen LogP) is 1.03. The lowest BCUT2D eigenvalue weighted by molar-refractivity contribution is -0.133. The number of carbonyl (C=O) groups is 1. The van der Waals surface area contributed by atoms with Crippen LogP contribution in [0.15, 0.2) is 24.3 Å². The second-order valence-electron chi connectivity index (χ2n) is 5.37. The molecule has 1 amide bonds. The predicted molar refractivity (Wildman–Crippen MR) is 76.9 cm³/mol. The topological polar surface area (TPSA) is 49.6 Å². The number of nitrogens with two attached hydrogens (primary N) is 1. The van der Waals surface area contributed by atoms with E-state index < -0.39 is 0 Å². The van der Waals surface area contributed by atoms with Gasteiger partial charge < -0.3 is 15.5 Å². The molecule has 2 rings (SSSR count). The Morgan fingerprint density at radius 3 is 2.40 bits per heavy atom. The number of likely N-dealkylation sites (N-methyl/N-ethyl adjacent to an activating group) is 1. The Balaban J connectivity index is 1.95. The van der Waals surface area contributed by atoms with Gasteiger partial charge in [-0.05, 0) is 31.3 Å². The molecular formula is C15H22FN3O. The Morgan fingerprint density at radius 1 is 1.25 bits per heavy atom. The van der Waals surface area contributed by atoms with E-state index in [2.05, 4.69) is 11.9 Å². The monoisotopic (exact) mass is 279 g/mol. The van der Waals surface area contributed by atoms with Crippen LogP contribution in [0.25, 0.3) is 0 Å². The minimum absolute atomic E-state index is 0.0391. The zero-order valence-electron chi connectivity index (χ0n) is 11.9. The third kappa shape index (κ3) is 3.77. The number of rotatable bonds is 4. The van der Waals surface area contributed by atoms with Gasteiger partial charge in [0.25, 0.3) is 0 Å². The normalized spacial score (nSPS) is 18.1. The van der Waals surface area contributed by atoms with Crippen LogP contribution in [0.2, 0.25) is 0 Å².